The molecule has 0 saturated heterocycles. The van der Waals surface area contributed by atoms with E-state index < -0.39 is 16.4 Å². The van der Waals surface area contributed by atoms with E-state index in [2.05, 4.69) is 16.8 Å². The smallest absolute Gasteiger partial charge is 1.00 e. The quantitative estimate of drug-likeness (QED) is 0.236. The van der Waals surface area contributed by atoms with Crippen LogP contribution in [0.5, 0.6) is 0 Å². The van der Waals surface area contributed by atoms with Crippen molar-refractivity contribution >= 4 is 16.4 Å². The second-order valence-corrected chi connectivity index (χ2v) is 6.12. The number of carboxylic acid groups (broad SMARTS) is 1. The van der Waals surface area contributed by atoms with Crippen LogP contribution in [0.2, 0.25) is 0 Å². The SMILES string of the molecule is CCCCCCCCCCCCOS(=O)(=O)O.NCC(=O)O.[H-].[Na+]. The summed E-state index contributed by atoms with van der Waals surface area (Å²) in [6.07, 6.45) is 11.9. The van der Waals surface area contributed by atoms with Crippen molar-refractivity contribution in [1.29, 1.82) is 0 Å². The number of unbranched alkanes of at least 4 members (excludes halogenated alkanes) is 9. The number of nitrogens with two attached hydrogens (primary N) is 1. The molecule has 0 saturated carbocycles. The standard InChI is InChI=1S/C12H26O4S.C2H5NO2.Na.H/c1-2-3-4-5-6-7-8-9-10-11-12-16-17(13,14)15;3-1-2(4)5;;/h2-12H2,1H3,(H,13,14,15);1,3H2,(H,4,5);;/q;;+1;-1. The fourth-order valence-corrected chi connectivity index (χ4v) is 2.08. The molecule has 4 N–H and O–H groups in total. The topological polar surface area (TPSA) is 127 Å². The maximum absolute atomic E-state index is 10.2. The van der Waals surface area contributed by atoms with Gasteiger partial charge in [-0.15, -0.1) is 0 Å². The molecule has 0 bridgehead atoms. The van der Waals surface area contributed by atoms with Crippen LogP contribution in [0, 0.1) is 0 Å². The predicted octanol–water partition coefficient (Wildman–Crippen LogP) is -0.127. The largest absolute Gasteiger partial charge is 1.00 e. The summed E-state index contributed by atoms with van der Waals surface area (Å²) in [5, 5.41) is 7.60. The third-order valence-electron chi connectivity index (χ3n) is 2.90. The Labute approximate surface area is 164 Å². The summed E-state index contributed by atoms with van der Waals surface area (Å²) < 4.78 is 33.0. The van der Waals surface area contributed by atoms with Gasteiger partial charge in [0.1, 0.15) is 0 Å². The van der Waals surface area contributed by atoms with E-state index in [1.807, 2.05) is 0 Å². The summed E-state index contributed by atoms with van der Waals surface area (Å²) in [6, 6.07) is 0. The minimum atomic E-state index is -4.23. The van der Waals surface area contributed by atoms with Crippen LogP contribution in [0.1, 0.15) is 72.6 Å². The molecule has 0 rings (SSSR count). The number of carbonyl (C=O) groups is 1. The second kappa shape index (κ2) is 20.3. The number of rotatable bonds is 13. The Balaban J connectivity index is -0.000000250. The molecule has 0 atom stereocenters. The van der Waals surface area contributed by atoms with Crippen molar-refractivity contribution in [2.24, 2.45) is 5.73 Å². The number of hydrogen-bond donors (Lipinski definition) is 3. The number of aliphatic carboxylic acids is 1. The van der Waals surface area contributed by atoms with Gasteiger partial charge in [-0.05, 0) is 6.42 Å². The van der Waals surface area contributed by atoms with Crippen LogP contribution in [0.15, 0.2) is 0 Å². The van der Waals surface area contributed by atoms with Crippen molar-refractivity contribution in [3.05, 3.63) is 0 Å². The molecule has 0 aromatic heterocycles. The van der Waals surface area contributed by atoms with Crippen LogP contribution in [0.3, 0.4) is 0 Å². The molecule has 0 fully saturated rings. The Morgan fingerprint density at radius 2 is 1.35 bits per heavy atom. The first-order valence-corrected chi connectivity index (χ1v) is 9.23. The summed E-state index contributed by atoms with van der Waals surface area (Å²) in [7, 11) is -4.23. The van der Waals surface area contributed by atoms with E-state index in [9.17, 15) is 13.2 Å². The van der Waals surface area contributed by atoms with Gasteiger partial charge < -0.3 is 12.3 Å². The van der Waals surface area contributed by atoms with Gasteiger partial charge in [0.15, 0.2) is 0 Å². The van der Waals surface area contributed by atoms with Crippen molar-refractivity contribution in [1.82, 2.24) is 0 Å². The number of hydrogen-bond acceptors (Lipinski definition) is 5. The van der Waals surface area contributed by atoms with Gasteiger partial charge in [0.05, 0.1) is 13.2 Å². The van der Waals surface area contributed by atoms with Gasteiger partial charge in [-0.25, -0.2) is 4.18 Å². The third-order valence-corrected chi connectivity index (χ3v) is 3.37. The van der Waals surface area contributed by atoms with Crippen LogP contribution < -0.4 is 35.3 Å². The Bertz CT molecular complexity index is 357. The Kier molecular flexibility index (Phi) is 24.9. The molecule has 0 heterocycles. The fourth-order valence-electron chi connectivity index (χ4n) is 1.75. The molecule has 136 valence electrons. The minimum absolute atomic E-state index is 0. The van der Waals surface area contributed by atoms with E-state index in [1.54, 1.807) is 0 Å². The van der Waals surface area contributed by atoms with E-state index in [0.717, 1.165) is 12.8 Å². The molecule has 0 aromatic carbocycles. The van der Waals surface area contributed by atoms with Gasteiger partial charge in [0.25, 0.3) is 0 Å². The molecule has 0 spiro atoms. The first kappa shape index (κ1) is 28.1. The average molecular weight is 365 g/mol. The maximum Gasteiger partial charge on any atom is 1.00 e. The zero-order valence-corrected chi connectivity index (χ0v) is 17.3. The van der Waals surface area contributed by atoms with Crippen molar-refractivity contribution in [2.75, 3.05) is 13.2 Å². The van der Waals surface area contributed by atoms with Crippen LogP contribution in [-0.4, -0.2) is 37.2 Å². The first-order valence-electron chi connectivity index (χ1n) is 7.87. The van der Waals surface area contributed by atoms with Crippen molar-refractivity contribution in [3.8, 4) is 0 Å². The predicted molar refractivity (Wildman–Crippen MR) is 87.1 cm³/mol. The number of carboxylic acids is 1. The van der Waals surface area contributed by atoms with Gasteiger partial charge in [-0.2, -0.15) is 8.42 Å². The Morgan fingerprint density at radius 3 is 1.65 bits per heavy atom. The molecular formula is C14H32NNaO6S. The molecular weight excluding hydrogens is 333 g/mol. The monoisotopic (exact) mass is 365 g/mol. The molecule has 0 aliphatic carbocycles. The van der Waals surface area contributed by atoms with Crippen molar-refractivity contribution < 1.29 is 58.0 Å². The van der Waals surface area contributed by atoms with Crippen LogP contribution in [0.4, 0.5) is 0 Å². The fraction of sp³-hybridized carbons (Fsp3) is 0.929. The summed E-state index contributed by atoms with van der Waals surface area (Å²) in [6.45, 7) is 2.03. The Morgan fingerprint density at radius 1 is 1.00 bits per heavy atom. The first-order chi connectivity index (χ1) is 10.3. The summed E-state index contributed by atoms with van der Waals surface area (Å²) in [4.78, 5) is 9.24. The van der Waals surface area contributed by atoms with Crippen LogP contribution >= 0.6 is 0 Å². The third kappa shape index (κ3) is 34.6. The van der Waals surface area contributed by atoms with Crippen molar-refractivity contribution in [2.45, 2.75) is 71.1 Å². The molecule has 0 radical (unpaired) electrons. The van der Waals surface area contributed by atoms with Crippen LogP contribution in [-0.2, 0) is 19.4 Å². The zero-order chi connectivity index (χ0) is 17.3. The van der Waals surface area contributed by atoms with Crippen LogP contribution in [0.25, 0.3) is 0 Å². The van der Waals surface area contributed by atoms with Crippen molar-refractivity contribution in [3.63, 3.8) is 0 Å². The van der Waals surface area contributed by atoms with Gasteiger partial charge in [-0.3, -0.25) is 9.35 Å². The molecule has 7 nitrogen and oxygen atoms in total. The summed E-state index contributed by atoms with van der Waals surface area (Å²) >= 11 is 0. The minimum Gasteiger partial charge on any atom is -1.00 e. The molecule has 23 heavy (non-hydrogen) atoms. The molecule has 0 aromatic rings. The molecule has 9 heteroatoms. The normalized spacial score (nSPS) is 10.4. The molecule has 0 amide bonds. The summed E-state index contributed by atoms with van der Waals surface area (Å²) in [5.74, 6) is -0.968. The average Bonchev–Trinajstić information content (AvgIpc) is 2.44. The van der Waals surface area contributed by atoms with E-state index >= 15 is 0 Å². The zero-order valence-electron chi connectivity index (χ0n) is 15.5. The molecule has 0 aliphatic rings. The molecule has 0 aliphatic heterocycles. The molecule has 0 unspecified atom stereocenters. The van der Waals surface area contributed by atoms with Gasteiger partial charge in [0.2, 0.25) is 0 Å². The van der Waals surface area contributed by atoms with E-state index in [1.165, 1.54) is 44.9 Å². The Hall–Kier alpha value is 0.300. The second-order valence-electron chi connectivity index (χ2n) is 5.03. The van der Waals surface area contributed by atoms with Gasteiger partial charge >= 0.3 is 45.9 Å². The van der Waals surface area contributed by atoms with E-state index in [-0.39, 0.29) is 44.1 Å². The maximum atomic E-state index is 10.2. The van der Waals surface area contributed by atoms with Gasteiger partial charge in [0, 0.05) is 0 Å². The van der Waals surface area contributed by atoms with Gasteiger partial charge in [-0.1, -0.05) is 64.7 Å². The summed E-state index contributed by atoms with van der Waals surface area (Å²) in [5.41, 5.74) is 4.57. The van der Waals surface area contributed by atoms with E-state index in [4.69, 9.17) is 9.66 Å². The van der Waals surface area contributed by atoms with E-state index in [0.29, 0.717) is 6.42 Å².